The summed E-state index contributed by atoms with van der Waals surface area (Å²) in [5.74, 6) is 1.40. The maximum Gasteiger partial charge on any atom is 0.419 e. The normalized spacial score (nSPS) is 34.6. The topological polar surface area (TPSA) is 170 Å². The van der Waals surface area contributed by atoms with Gasteiger partial charge in [-0.15, -0.1) is 0 Å². The van der Waals surface area contributed by atoms with E-state index >= 15 is 0 Å². The molecule has 0 radical (unpaired) electrons. The maximum absolute atomic E-state index is 13.4. The number of aryl methyl sites for hydroxylation is 1. The van der Waals surface area contributed by atoms with E-state index in [1.165, 1.54) is 27.6 Å². The Balaban J connectivity index is 0.905. The zero-order valence-electron chi connectivity index (χ0n) is 22.0. The van der Waals surface area contributed by atoms with Crippen LogP contribution in [0.2, 0.25) is 0 Å². The molecule has 13 nitrogen and oxygen atoms in total. The molecule has 10 rings (SSSR count). The third-order valence-corrected chi connectivity index (χ3v) is 11.6. The van der Waals surface area contributed by atoms with Gasteiger partial charge >= 0.3 is 5.76 Å². The van der Waals surface area contributed by atoms with Crippen LogP contribution in [0.4, 0.5) is 0 Å². The third kappa shape index (κ3) is 2.53. The Morgan fingerprint density at radius 1 is 1.02 bits per heavy atom. The van der Waals surface area contributed by atoms with Crippen LogP contribution >= 0.6 is 0 Å². The first kappa shape index (κ1) is 23.6. The van der Waals surface area contributed by atoms with Crippen LogP contribution in [0.1, 0.15) is 26.5 Å². The number of carbonyl (C=O) groups is 2. The molecule has 3 heterocycles. The van der Waals surface area contributed by atoms with Gasteiger partial charge in [0.25, 0.3) is 11.8 Å². The highest BCUT2D eigenvalue weighted by atomic mass is 32.2. The van der Waals surface area contributed by atoms with E-state index in [0.29, 0.717) is 58.8 Å². The summed E-state index contributed by atoms with van der Waals surface area (Å²) in [6, 6.07) is 8.30. The van der Waals surface area contributed by atoms with Crippen LogP contribution in [-0.4, -0.2) is 57.7 Å². The maximum atomic E-state index is 13.4. The molecule has 3 N–H and O–H groups in total. The van der Waals surface area contributed by atoms with Crippen LogP contribution in [0.15, 0.2) is 45.7 Å². The molecule has 6 saturated carbocycles. The van der Waals surface area contributed by atoms with Crippen molar-refractivity contribution in [2.24, 2.45) is 48.0 Å². The lowest BCUT2D eigenvalue weighted by Crippen LogP contribution is -3.15. The zero-order chi connectivity index (χ0) is 28.2. The lowest BCUT2D eigenvalue weighted by molar-refractivity contribution is -0.621. The molecule has 0 bridgehead atoms. The average molecular weight is 576 g/mol. The minimum atomic E-state index is -3.24. The van der Waals surface area contributed by atoms with Crippen molar-refractivity contribution < 1.29 is 22.4 Å². The smallest absolute Gasteiger partial charge is 0.408 e. The molecule has 14 heteroatoms. The summed E-state index contributed by atoms with van der Waals surface area (Å²) in [6.07, 6.45) is 2.76. The Labute approximate surface area is 232 Å². The molecule has 41 heavy (non-hydrogen) atoms. The lowest BCUT2D eigenvalue weighted by Gasteiger charge is -3.11. The second kappa shape index (κ2) is 7.05. The van der Waals surface area contributed by atoms with E-state index in [4.69, 9.17) is 4.42 Å². The van der Waals surface area contributed by atoms with E-state index in [0.717, 1.165) is 5.56 Å². The average Bonchev–Trinajstić information content (AvgIpc) is 3.53. The van der Waals surface area contributed by atoms with Gasteiger partial charge in [0, 0.05) is 37.8 Å². The van der Waals surface area contributed by atoms with Crippen molar-refractivity contribution in [3.8, 4) is 0 Å². The Morgan fingerprint density at radius 3 is 2.46 bits per heavy atom. The number of amides is 2. The minimum absolute atomic E-state index is 0.0881. The van der Waals surface area contributed by atoms with Crippen molar-refractivity contribution in [3.05, 3.63) is 64.0 Å². The molecule has 6 aliphatic carbocycles. The van der Waals surface area contributed by atoms with Crippen molar-refractivity contribution >= 4 is 38.6 Å². The van der Waals surface area contributed by atoms with Crippen LogP contribution in [0.5, 0.6) is 0 Å². The van der Waals surface area contributed by atoms with Crippen LogP contribution < -0.4 is 21.1 Å². The molecule has 4 aromatic rings. The van der Waals surface area contributed by atoms with E-state index < -0.39 is 21.7 Å². The summed E-state index contributed by atoms with van der Waals surface area (Å²) in [7, 11) is -1.63. The van der Waals surface area contributed by atoms with E-state index in [1.54, 1.807) is 31.3 Å². The Hall–Kier alpha value is -4.04. The first-order valence-corrected chi connectivity index (χ1v) is 15.4. The molecule has 6 aliphatic rings. The Bertz CT molecular complexity index is 2000. The summed E-state index contributed by atoms with van der Waals surface area (Å²) >= 11 is 0. The van der Waals surface area contributed by atoms with Gasteiger partial charge in [-0.2, -0.15) is 5.10 Å². The van der Waals surface area contributed by atoms with E-state index in [-0.39, 0.29) is 34.8 Å². The number of nitrogens with one attached hydrogen (secondary N) is 3. The lowest BCUT2D eigenvalue weighted by atomic mass is 8.94. The quantitative estimate of drug-likeness (QED) is 0.261. The van der Waals surface area contributed by atoms with Crippen LogP contribution in [-0.2, 0) is 23.6 Å². The Morgan fingerprint density at radius 2 is 1.76 bits per heavy atom. The number of oxazole rings is 1. The molecule has 0 atom stereocenters. The number of aromatic nitrogens is 4. The van der Waals surface area contributed by atoms with Crippen molar-refractivity contribution in [3.63, 3.8) is 0 Å². The number of sulfonamides is 1. The van der Waals surface area contributed by atoms with Crippen LogP contribution in [0, 0.1) is 40.9 Å². The largest absolute Gasteiger partial charge is 0.419 e. The second-order valence-corrected chi connectivity index (χ2v) is 14.0. The van der Waals surface area contributed by atoms with Gasteiger partial charge in [-0.05, 0) is 58.6 Å². The summed E-state index contributed by atoms with van der Waals surface area (Å²) in [6.45, 7) is 0.726. The number of rotatable bonds is 8. The summed E-state index contributed by atoms with van der Waals surface area (Å²) in [4.78, 5) is 42.6. The molecule has 3 aromatic heterocycles. The van der Waals surface area contributed by atoms with E-state index in [9.17, 15) is 22.8 Å². The molecular formula is C27H25N7O6S. The fraction of sp³-hybridized carbons (Fsp3) is 0.444. The number of benzene rings is 1. The highest BCUT2D eigenvalue weighted by Gasteiger charge is 3.10. The highest BCUT2D eigenvalue weighted by molar-refractivity contribution is 7.88. The van der Waals surface area contributed by atoms with E-state index in [2.05, 4.69) is 25.4 Å². The molecule has 0 saturated heterocycles. The molecule has 210 valence electrons. The first-order valence-electron chi connectivity index (χ1n) is 13.5. The zero-order valence-corrected chi connectivity index (χ0v) is 22.8. The monoisotopic (exact) mass is 575 g/mol. The van der Waals surface area contributed by atoms with E-state index in [1.807, 2.05) is 0 Å². The van der Waals surface area contributed by atoms with Gasteiger partial charge in [0.05, 0.1) is 18.0 Å². The third-order valence-electron chi connectivity index (χ3n) is 10.9. The summed E-state index contributed by atoms with van der Waals surface area (Å²) in [5.41, 5.74) is 2.43. The fourth-order valence-corrected chi connectivity index (χ4v) is 10.8. The number of nitrogens with zero attached hydrogens (tertiary/aromatic N) is 4. The van der Waals surface area contributed by atoms with Crippen molar-refractivity contribution in [2.45, 2.75) is 12.1 Å². The van der Waals surface area contributed by atoms with Gasteiger partial charge in [0.2, 0.25) is 10.0 Å². The van der Waals surface area contributed by atoms with Gasteiger partial charge in [0.15, 0.2) is 11.2 Å². The molecule has 0 unspecified atom stereocenters. The van der Waals surface area contributed by atoms with Gasteiger partial charge in [-0.3, -0.25) is 14.2 Å². The first-order chi connectivity index (χ1) is 19.6. The summed E-state index contributed by atoms with van der Waals surface area (Å²) < 4.78 is 34.7. The summed E-state index contributed by atoms with van der Waals surface area (Å²) in [5, 5.41) is 10.2. The minimum Gasteiger partial charge on any atom is -0.408 e. The SMILES string of the molecule is Cn1c(=O)oc2ccc(CNC(=O)c3cc(C(=O)NCC45C6C7C4C4C5C6C74NS(C)(=O)=O)n4nccc4n3)cc21. The second-order valence-electron chi connectivity index (χ2n) is 12.3. The number of hydrogen-bond donors (Lipinski definition) is 3. The van der Waals surface area contributed by atoms with Gasteiger partial charge in [-0.25, -0.2) is 27.4 Å². The van der Waals surface area contributed by atoms with Crippen molar-refractivity contribution in [1.29, 1.82) is 0 Å². The number of carbonyl (C=O) groups excluding carboxylic acids is 2. The van der Waals surface area contributed by atoms with Crippen LogP contribution in [0.3, 0.4) is 0 Å². The standard InChI is InChI=1S/C27H25N7O6S/c1-33-13-7-11(3-4-15(13)40-25(33)37)9-28-23(35)12-8-14(34-16(31-12)5-6-30-34)24(36)29-10-26-17-20-18(26)22-19(26)21(17)27(20,22)32-41(2,38)39/h3-8,17-22,32H,9-10H2,1-2H3,(H,28,35)(H,29,36). The van der Waals surface area contributed by atoms with Crippen LogP contribution in [0.25, 0.3) is 16.7 Å². The van der Waals surface area contributed by atoms with Crippen molar-refractivity contribution in [1.82, 2.24) is 34.5 Å². The molecule has 1 aromatic carbocycles. The predicted octanol–water partition coefficient (Wildman–Crippen LogP) is -0.126. The molecule has 6 fully saturated rings. The molecule has 0 spiro atoms. The van der Waals surface area contributed by atoms with Crippen molar-refractivity contribution in [2.75, 3.05) is 12.8 Å². The predicted molar refractivity (Wildman–Crippen MR) is 142 cm³/mol. The molecular weight excluding hydrogens is 550 g/mol. The number of hydrogen-bond acceptors (Lipinski definition) is 8. The fourth-order valence-electron chi connectivity index (χ4n) is 9.70. The van der Waals surface area contributed by atoms with Gasteiger partial charge in [-0.1, -0.05) is 6.07 Å². The number of fused-ring (bicyclic) bond motifs is 2. The Kier molecular flexibility index (Phi) is 4.07. The van der Waals surface area contributed by atoms with Gasteiger partial charge < -0.3 is 15.1 Å². The highest BCUT2D eigenvalue weighted by Crippen LogP contribution is 3.06. The molecule has 2 amide bonds. The molecule has 0 aliphatic heterocycles. The van der Waals surface area contributed by atoms with Gasteiger partial charge in [0.1, 0.15) is 11.4 Å².